The summed E-state index contributed by atoms with van der Waals surface area (Å²) in [5, 5.41) is 2.93. The lowest BCUT2D eigenvalue weighted by Crippen LogP contribution is -2.50. The Kier molecular flexibility index (Phi) is 9.76. The van der Waals surface area contributed by atoms with Gasteiger partial charge in [0, 0.05) is 13.1 Å². The molecule has 0 aliphatic carbocycles. The van der Waals surface area contributed by atoms with Gasteiger partial charge in [0.2, 0.25) is 5.91 Å². The first-order chi connectivity index (χ1) is 15.7. The first-order valence-corrected chi connectivity index (χ1v) is 11.6. The highest BCUT2D eigenvalue weighted by atomic mass is 16.5. The summed E-state index contributed by atoms with van der Waals surface area (Å²) in [5.41, 5.74) is 1.80. The number of para-hydroxylation sites is 1. The monoisotopic (exact) mass is 454 g/mol. The van der Waals surface area contributed by atoms with Crippen molar-refractivity contribution in [3.05, 3.63) is 59.7 Å². The van der Waals surface area contributed by atoms with Crippen molar-refractivity contribution < 1.29 is 19.1 Å². The van der Waals surface area contributed by atoms with Gasteiger partial charge in [0.25, 0.3) is 5.91 Å². The first kappa shape index (κ1) is 26.2. The Morgan fingerprint density at radius 3 is 2.42 bits per heavy atom. The van der Waals surface area contributed by atoms with E-state index >= 15 is 0 Å². The molecule has 2 rings (SSSR count). The van der Waals surface area contributed by atoms with Crippen LogP contribution >= 0.6 is 0 Å². The Hall–Kier alpha value is -3.02. The molecule has 0 spiro atoms. The maximum atomic E-state index is 13.4. The Morgan fingerprint density at radius 1 is 1.06 bits per heavy atom. The molecule has 0 bridgehead atoms. The molecule has 0 saturated heterocycles. The van der Waals surface area contributed by atoms with Crippen molar-refractivity contribution >= 4 is 11.8 Å². The Labute approximate surface area is 198 Å². The zero-order chi connectivity index (χ0) is 24.4. The van der Waals surface area contributed by atoms with E-state index in [0.29, 0.717) is 31.0 Å². The van der Waals surface area contributed by atoms with E-state index in [9.17, 15) is 9.59 Å². The number of benzene rings is 2. The van der Waals surface area contributed by atoms with Crippen molar-refractivity contribution in [2.45, 2.75) is 65.5 Å². The van der Waals surface area contributed by atoms with Gasteiger partial charge in [-0.1, -0.05) is 65.0 Å². The summed E-state index contributed by atoms with van der Waals surface area (Å²) in [6.45, 7) is 11.0. The zero-order valence-electron chi connectivity index (χ0n) is 20.8. The minimum absolute atomic E-state index is 0.119. The molecule has 0 aliphatic rings. The lowest BCUT2D eigenvalue weighted by Gasteiger charge is -2.31. The van der Waals surface area contributed by atoms with Crippen molar-refractivity contribution in [3.63, 3.8) is 0 Å². The maximum absolute atomic E-state index is 13.4. The van der Waals surface area contributed by atoms with Gasteiger partial charge in [-0.2, -0.15) is 0 Å². The van der Waals surface area contributed by atoms with Crippen LogP contribution in [0.5, 0.6) is 11.5 Å². The summed E-state index contributed by atoms with van der Waals surface area (Å²) in [6.07, 6.45) is 1.34. The predicted octanol–water partition coefficient (Wildman–Crippen LogP) is 4.71. The number of nitrogens with zero attached hydrogens (tertiary/aromatic N) is 1. The van der Waals surface area contributed by atoms with E-state index in [0.717, 1.165) is 17.5 Å². The van der Waals surface area contributed by atoms with Crippen LogP contribution in [0.25, 0.3) is 0 Å². The molecule has 2 aromatic rings. The van der Waals surface area contributed by atoms with Gasteiger partial charge in [-0.3, -0.25) is 9.59 Å². The lowest BCUT2D eigenvalue weighted by atomic mass is 9.86. The third kappa shape index (κ3) is 7.52. The second-order valence-corrected chi connectivity index (χ2v) is 9.12. The van der Waals surface area contributed by atoms with E-state index in [-0.39, 0.29) is 23.8 Å². The summed E-state index contributed by atoms with van der Waals surface area (Å²) in [4.78, 5) is 27.9. The molecule has 6 nitrogen and oxygen atoms in total. The van der Waals surface area contributed by atoms with Crippen LogP contribution in [-0.2, 0) is 21.5 Å². The van der Waals surface area contributed by atoms with E-state index < -0.39 is 6.04 Å². The van der Waals surface area contributed by atoms with Gasteiger partial charge in [-0.05, 0) is 47.6 Å². The van der Waals surface area contributed by atoms with Gasteiger partial charge >= 0.3 is 0 Å². The molecule has 0 fully saturated rings. The smallest absolute Gasteiger partial charge is 0.261 e. The molecule has 0 aromatic heterocycles. The number of rotatable bonds is 11. The summed E-state index contributed by atoms with van der Waals surface area (Å²) in [5.74, 6) is 1.01. The molecule has 0 radical (unpaired) electrons. The van der Waals surface area contributed by atoms with Crippen LogP contribution in [0.15, 0.2) is 48.5 Å². The van der Waals surface area contributed by atoms with Crippen LogP contribution in [0.4, 0.5) is 0 Å². The van der Waals surface area contributed by atoms with E-state index in [1.807, 2.05) is 62.4 Å². The number of ether oxygens (including phenoxy) is 2. The Balaban J connectivity index is 2.28. The molecule has 1 N–H and O–H groups in total. The normalized spacial score (nSPS) is 12.1. The number of hydrogen-bond donors (Lipinski definition) is 1. The molecule has 1 atom stereocenters. The molecular formula is C27H38N2O4. The molecule has 0 aliphatic heterocycles. The van der Waals surface area contributed by atoms with E-state index in [1.165, 1.54) is 0 Å². The molecule has 0 heterocycles. The fourth-order valence-corrected chi connectivity index (χ4v) is 3.69. The number of carbonyl (C=O) groups excluding carboxylic acids is 2. The number of nitrogens with one attached hydrogen (secondary N) is 1. The van der Waals surface area contributed by atoms with Crippen LogP contribution in [0, 0.1) is 0 Å². The van der Waals surface area contributed by atoms with E-state index in [4.69, 9.17) is 9.47 Å². The fourth-order valence-electron chi connectivity index (χ4n) is 3.69. The van der Waals surface area contributed by atoms with E-state index in [1.54, 1.807) is 12.0 Å². The summed E-state index contributed by atoms with van der Waals surface area (Å²) in [6, 6.07) is 14.7. The minimum atomic E-state index is -0.586. The topological polar surface area (TPSA) is 67.9 Å². The van der Waals surface area contributed by atoms with Gasteiger partial charge in [-0.15, -0.1) is 0 Å². The molecule has 0 saturated carbocycles. The highest BCUT2D eigenvalue weighted by molar-refractivity contribution is 5.88. The average Bonchev–Trinajstić information content (AvgIpc) is 2.80. The molecule has 1 unspecified atom stereocenters. The van der Waals surface area contributed by atoms with Crippen molar-refractivity contribution in [1.82, 2.24) is 10.2 Å². The SMILES string of the molecule is CCCNC(=O)C(CC)N(Cc1cccc(OC)c1)C(=O)COc1ccccc1C(C)(C)C. The van der Waals surface area contributed by atoms with Crippen LogP contribution < -0.4 is 14.8 Å². The Bertz CT molecular complexity index is 920. The minimum Gasteiger partial charge on any atom is -0.497 e. The van der Waals surface area contributed by atoms with Crippen molar-refractivity contribution in [2.75, 3.05) is 20.3 Å². The molecule has 2 amide bonds. The van der Waals surface area contributed by atoms with Gasteiger partial charge in [-0.25, -0.2) is 0 Å². The highest BCUT2D eigenvalue weighted by Crippen LogP contribution is 2.31. The zero-order valence-corrected chi connectivity index (χ0v) is 20.8. The second kappa shape index (κ2) is 12.3. The van der Waals surface area contributed by atoms with Gasteiger partial charge in [0.05, 0.1) is 7.11 Å². The van der Waals surface area contributed by atoms with Crippen LogP contribution in [-0.4, -0.2) is 43.0 Å². The van der Waals surface area contributed by atoms with Gasteiger partial charge in [0.1, 0.15) is 17.5 Å². The van der Waals surface area contributed by atoms with Crippen molar-refractivity contribution in [3.8, 4) is 11.5 Å². The van der Waals surface area contributed by atoms with Crippen LogP contribution in [0.3, 0.4) is 0 Å². The lowest BCUT2D eigenvalue weighted by molar-refractivity contribution is -0.143. The van der Waals surface area contributed by atoms with Crippen LogP contribution in [0.1, 0.15) is 58.6 Å². The second-order valence-electron chi connectivity index (χ2n) is 9.12. The Morgan fingerprint density at radius 2 is 1.79 bits per heavy atom. The predicted molar refractivity (Wildman–Crippen MR) is 132 cm³/mol. The maximum Gasteiger partial charge on any atom is 0.261 e. The number of carbonyl (C=O) groups is 2. The largest absolute Gasteiger partial charge is 0.497 e. The third-order valence-corrected chi connectivity index (χ3v) is 5.47. The van der Waals surface area contributed by atoms with Gasteiger partial charge in [0.15, 0.2) is 6.61 Å². The van der Waals surface area contributed by atoms with Crippen molar-refractivity contribution in [2.24, 2.45) is 0 Å². The summed E-state index contributed by atoms with van der Waals surface area (Å²) < 4.78 is 11.3. The quantitative estimate of drug-likeness (QED) is 0.534. The average molecular weight is 455 g/mol. The fraction of sp³-hybridized carbons (Fsp3) is 0.481. The molecular weight excluding hydrogens is 416 g/mol. The van der Waals surface area contributed by atoms with Crippen LogP contribution in [0.2, 0.25) is 0 Å². The van der Waals surface area contributed by atoms with Gasteiger partial charge < -0.3 is 19.7 Å². The number of methoxy groups -OCH3 is 1. The summed E-state index contributed by atoms with van der Waals surface area (Å²) in [7, 11) is 1.61. The highest BCUT2D eigenvalue weighted by Gasteiger charge is 2.29. The molecule has 2 aromatic carbocycles. The number of hydrogen-bond acceptors (Lipinski definition) is 4. The number of amides is 2. The van der Waals surface area contributed by atoms with Crippen molar-refractivity contribution in [1.29, 1.82) is 0 Å². The molecule has 180 valence electrons. The standard InChI is InChI=1S/C27H38N2O4/c1-7-16-28-26(31)23(8-2)29(18-20-12-11-13-21(17-20)32-6)25(30)19-33-24-15-10-9-14-22(24)27(3,4)5/h9-15,17,23H,7-8,16,18-19H2,1-6H3,(H,28,31). The first-order valence-electron chi connectivity index (χ1n) is 11.6. The summed E-state index contributed by atoms with van der Waals surface area (Å²) >= 11 is 0. The molecule has 6 heteroatoms. The molecule has 33 heavy (non-hydrogen) atoms. The van der Waals surface area contributed by atoms with E-state index in [2.05, 4.69) is 26.1 Å². The third-order valence-electron chi connectivity index (χ3n) is 5.47.